The van der Waals surface area contributed by atoms with Crippen LogP contribution in [0.5, 0.6) is 0 Å². The summed E-state index contributed by atoms with van der Waals surface area (Å²) in [6.07, 6.45) is 2.22. The summed E-state index contributed by atoms with van der Waals surface area (Å²) in [6, 6.07) is 15.8. The zero-order chi connectivity index (χ0) is 16.9. The number of aryl methyl sites for hydroxylation is 2. The van der Waals surface area contributed by atoms with Crippen molar-refractivity contribution >= 4 is 16.9 Å². The molecule has 4 nitrogen and oxygen atoms in total. The van der Waals surface area contributed by atoms with Crippen LogP contribution in [0.4, 0.5) is 0 Å². The molecule has 1 N–H and O–H groups in total. The second-order valence-electron chi connectivity index (χ2n) is 6.02. The molecule has 0 unspecified atom stereocenters. The maximum absolute atomic E-state index is 12.4. The van der Waals surface area contributed by atoms with E-state index in [9.17, 15) is 4.79 Å². The highest BCUT2D eigenvalue weighted by Crippen LogP contribution is 2.17. The second-order valence-corrected chi connectivity index (χ2v) is 6.02. The van der Waals surface area contributed by atoms with Gasteiger partial charge in [0.2, 0.25) is 0 Å². The molecule has 0 atom stereocenters. The maximum atomic E-state index is 12.4. The monoisotopic (exact) mass is 321 g/mol. The van der Waals surface area contributed by atoms with Gasteiger partial charge in [-0.25, -0.2) is 4.98 Å². The third-order valence-corrected chi connectivity index (χ3v) is 4.27. The number of hydrogen-bond donors (Lipinski definition) is 1. The Kier molecular flexibility index (Phi) is 4.94. The molecule has 3 rings (SSSR count). The lowest BCUT2D eigenvalue weighted by Gasteiger charge is -2.10. The number of amides is 1. The molecule has 0 aliphatic rings. The summed E-state index contributed by atoms with van der Waals surface area (Å²) in [5.41, 5.74) is 3.81. The Morgan fingerprint density at radius 3 is 2.67 bits per heavy atom. The summed E-state index contributed by atoms with van der Waals surface area (Å²) in [4.78, 5) is 17.1. The fourth-order valence-corrected chi connectivity index (χ4v) is 2.91. The Morgan fingerprint density at radius 1 is 1.12 bits per heavy atom. The molecule has 0 bridgehead atoms. The van der Waals surface area contributed by atoms with Gasteiger partial charge in [-0.3, -0.25) is 4.79 Å². The first-order chi connectivity index (χ1) is 11.7. The SMILES string of the molecule is CCCCn1c(CNC(=O)c2ccccc2C)nc2ccccc21. The van der Waals surface area contributed by atoms with E-state index in [2.05, 4.69) is 22.9 Å². The lowest BCUT2D eigenvalue weighted by Crippen LogP contribution is -2.25. The van der Waals surface area contributed by atoms with Gasteiger partial charge in [-0.15, -0.1) is 0 Å². The highest BCUT2D eigenvalue weighted by atomic mass is 16.1. The van der Waals surface area contributed by atoms with Crippen molar-refractivity contribution in [2.75, 3.05) is 0 Å². The first-order valence-corrected chi connectivity index (χ1v) is 8.48. The molecule has 1 aromatic heterocycles. The summed E-state index contributed by atoms with van der Waals surface area (Å²) in [7, 11) is 0. The van der Waals surface area contributed by atoms with Gasteiger partial charge in [0.1, 0.15) is 5.82 Å². The minimum atomic E-state index is -0.0535. The minimum Gasteiger partial charge on any atom is -0.345 e. The average Bonchev–Trinajstić information content (AvgIpc) is 2.96. The van der Waals surface area contributed by atoms with Crippen molar-refractivity contribution in [1.82, 2.24) is 14.9 Å². The van der Waals surface area contributed by atoms with Gasteiger partial charge < -0.3 is 9.88 Å². The molecular weight excluding hydrogens is 298 g/mol. The molecule has 1 amide bonds. The fourth-order valence-electron chi connectivity index (χ4n) is 2.91. The van der Waals surface area contributed by atoms with Crippen molar-refractivity contribution in [3.63, 3.8) is 0 Å². The van der Waals surface area contributed by atoms with Crippen LogP contribution in [0.2, 0.25) is 0 Å². The predicted molar refractivity (Wildman–Crippen MR) is 97.0 cm³/mol. The number of hydrogen-bond acceptors (Lipinski definition) is 2. The van der Waals surface area contributed by atoms with Crippen LogP contribution in [-0.2, 0) is 13.1 Å². The summed E-state index contributed by atoms with van der Waals surface area (Å²) in [6.45, 7) is 5.49. The smallest absolute Gasteiger partial charge is 0.251 e. The molecule has 0 radical (unpaired) electrons. The Hall–Kier alpha value is -2.62. The number of carbonyl (C=O) groups excluding carboxylic acids is 1. The molecule has 2 aromatic carbocycles. The number of nitrogens with one attached hydrogen (secondary N) is 1. The number of carbonyl (C=O) groups is 1. The van der Waals surface area contributed by atoms with Gasteiger partial charge in [0.05, 0.1) is 17.6 Å². The average molecular weight is 321 g/mol. The van der Waals surface area contributed by atoms with Crippen LogP contribution in [0.15, 0.2) is 48.5 Å². The van der Waals surface area contributed by atoms with Crippen molar-refractivity contribution in [3.05, 3.63) is 65.5 Å². The topological polar surface area (TPSA) is 46.9 Å². The molecule has 24 heavy (non-hydrogen) atoms. The molecule has 0 fully saturated rings. The first kappa shape index (κ1) is 16.2. The van der Waals surface area contributed by atoms with Crippen molar-refractivity contribution < 1.29 is 4.79 Å². The lowest BCUT2D eigenvalue weighted by molar-refractivity contribution is 0.0949. The molecule has 0 aliphatic heterocycles. The number of para-hydroxylation sites is 2. The van der Waals surface area contributed by atoms with E-state index < -0.39 is 0 Å². The van der Waals surface area contributed by atoms with E-state index in [1.165, 1.54) is 0 Å². The van der Waals surface area contributed by atoms with Crippen molar-refractivity contribution in [1.29, 1.82) is 0 Å². The van der Waals surface area contributed by atoms with E-state index >= 15 is 0 Å². The Labute approximate surface area is 142 Å². The summed E-state index contributed by atoms with van der Waals surface area (Å²) in [5, 5.41) is 3.01. The molecule has 124 valence electrons. The molecule has 0 saturated carbocycles. The van der Waals surface area contributed by atoms with Crippen LogP contribution in [0, 0.1) is 6.92 Å². The molecule has 4 heteroatoms. The Morgan fingerprint density at radius 2 is 1.88 bits per heavy atom. The van der Waals surface area contributed by atoms with Gasteiger partial charge in [0, 0.05) is 12.1 Å². The lowest BCUT2D eigenvalue weighted by atomic mass is 10.1. The number of unbranched alkanes of at least 4 members (excludes halogenated alkanes) is 1. The predicted octanol–water partition coefficient (Wildman–Crippen LogP) is 4.07. The van der Waals surface area contributed by atoms with Crippen LogP contribution in [0.25, 0.3) is 11.0 Å². The van der Waals surface area contributed by atoms with Gasteiger partial charge in [0.15, 0.2) is 0 Å². The van der Waals surface area contributed by atoms with Gasteiger partial charge in [-0.1, -0.05) is 43.7 Å². The second kappa shape index (κ2) is 7.30. The van der Waals surface area contributed by atoms with Gasteiger partial charge in [-0.2, -0.15) is 0 Å². The normalized spacial score (nSPS) is 10.9. The van der Waals surface area contributed by atoms with E-state index in [0.29, 0.717) is 12.1 Å². The van der Waals surface area contributed by atoms with Crippen LogP contribution in [0.1, 0.15) is 41.5 Å². The molecule has 1 heterocycles. The highest BCUT2D eigenvalue weighted by Gasteiger charge is 2.13. The number of aromatic nitrogens is 2. The Balaban J connectivity index is 1.82. The molecule has 3 aromatic rings. The largest absolute Gasteiger partial charge is 0.345 e. The fraction of sp³-hybridized carbons (Fsp3) is 0.300. The number of rotatable bonds is 6. The van der Waals surface area contributed by atoms with Gasteiger partial charge in [0.25, 0.3) is 5.91 Å². The van der Waals surface area contributed by atoms with Crippen LogP contribution < -0.4 is 5.32 Å². The maximum Gasteiger partial charge on any atom is 0.251 e. The number of imidazole rings is 1. The van der Waals surface area contributed by atoms with Crippen LogP contribution >= 0.6 is 0 Å². The zero-order valence-electron chi connectivity index (χ0n) is 14.2. The highest BCUT2D eigenvalue weighted by molar-refractivity contribution is 5.95. The third-order valence-electron chi connectivity index (χ3n) is 4.27. The van der Waals surface area contributed by atoms with E-state index in [4.69, 9.17) is 4.98 Å². The number of fused-ring (bicyclic) bond motifs is 1. The van der Waals surface area contributed by atoms with Crippen molar-refractivity contribution in [2.45, 2.75) is 39.8 Å². The van der Waals surface area contributed by atoms with Gasteiger partial charge >= 0.3 is 0 Å². The molecule has 0 spiro atoms. The van der Waals surface area contributed by atoms with Crippen LogP contribution in [-0.4, -0.2) is 15.5 Å². The zero-order valence-corrected chi connectivity index (χ0v) is 14.2. The van der Waals surface area contributed by atoms with E-state index in [1.807, 2.05) is 49.4 Å². The summed E-state index contributed by atoms with van der Waals surface area (Å²) >= 11 is 0. The number of benzene rings is 2. The first-order valence-electron chi connectivity index (χ1n) is 8.48. The standard InChI is InChI=1S/C20H23N3O/c1-3-4-13-23-18-12-8-7-11-17(18)22-19(23)14-21-20(24)16-10-6-5-9-15(16)2/h5-12H,3-4,13-14H2,1-2H3,(H,21,24). The molecule has 0 aliphatic carbocycles. The van der Waals surface area contributed by atoms with Crippen LogP contribution in [0.3, 0.4) is 0 Å². The minimum absolute atomic E-state index is 0.0535. The third kappa shape index (κ3) is 3.32. The number of nitrogens with zero attached hydrogens (tertiary/aromatic N) is 2. The quantitative estimate of drug-likeness (QED) is 0.744. The molecule has 0 saturated heterocycles. The van der Waals surface area contributed by atoms with E-state index in [0.717, 1.165) is 41.8 Å². The van der Waals surface area contributed by atoms with Crippen molar-refractivity contribution in [3.8, 4) is 0 Å². The van der Waals surface area contributed by atoms with Gasteiger partial charge in [-0.05, 0) is 37.1 Å². The summed E-state index contributed by atoms with van der Waals surface area (Å²) in [5.74, 6) is 0.855. The van der Waals surface area contributed by atoms with E-state index in [1.54, 1.807) is 0 Å². The summed E-state index contributed by atoms with van der Waals surface area (Å²) < 4.78 is 2.22. The molecular formula is C20H23N3O. The van der Waals surface area contributed by atoms with E-state index in [-0.39, 0.29) is 5.91 Å². The van der Waals surface area contributed by atoms with Crippen molar-refractivity contribution in [2.24, 2.45) is 0 Å². The Bertz CT molecular complexity index is 851.